The number of nitrogens with zero attached hydrogens (tertiary/aromatic N) is 2. The van der Waals surface area contributed by atoms with E-state index in [0.29, 0.717) is 0 Å². The minimum Gasteiger partial charge on any atom is -0.481 e. The standard InChI is InChI=1S/C10H13N.C7H7NOS/c1-8-6-9-4-2-3-5-10(9)7-11-8;1-5-2-6-7(3-8-5)10-4-9-6/h6-7H,2-5H2,1H3;2-3H,4H2,1H3. The molecule has 110 valence electrons. The number of rotatable bonds is 0. The average molecular weight is 300 g/mol. The van der Waals surface area contributed by atoms with E-state index in [9.17, 15) is 0 Å². The van der Waals surface area contributed by atoms with Gasteiger partial charge in [-0.15, -0.1) is 0 Å². The van der Waals surface area contributed by atoms with Gasteiger partial charge in [0, 0.05) is 29.8 Å². The van der Waals surface area contributed by atoms with Gasteiger partial charge in [-0.3, -0.25) is 9.97 Å². The van der Waals surface area contributed by atoms with Gasteiger partial charge < -0.3 is 4.74 Å². The fraction of sp³-hybridized carbons (Fsp3) is 0.412. The second kappa shape index (κ2) is 6.48. The molecule has 1 aliphatic carbocycles. The fourth-order valence-electron chi connectivity index (χ4n) is 2.63. The van der Waals surface area contributed by atoms with Crippen LogP contribution >= 0.6 is 11.8 Å². The summed E-state index contributed by atoms with van der Waals surface area (Å²) in [7, 11) is 0. The molecule has 4 heteroatoms. The molecule has 0 spiro atoms. The molecule has 0 N–H and O–H groups in total. The van der Waals surface area contributed by atoms with Crippen molar-refractivity contribution >= 4 is 11.8 Å². The van der Waals surface area contributed by atoms with E-state index >= 15 is 0 Å². The Kier molecular flexibility index (Phi) is 4.44. The highest BCUT2D eigenvalue weighted by Gasteiger charge is 2.12. The predicted molar refractivity (Wildman–Crippen MR) is 85.9 cm³/mol. The summed E-state index contributed by atoms with van der Waals surface area (Å²) in [6.45, 7) is 4.03. The lowest BCUT2D eigenvalue weighted by atomic mass is 9.93. The second-order valence-electron chi connectivity index (χ2n) is 5.48. The molecule has 2 aromatic heterocycles. The van der Waals surface area contributed by atoms with Crippen molar-refractivity contribution in [3.63, 3.8) is 0 Å². The maximum atomic E-state index is 5.30. The first-order valence-corrected chi connectivity index (χ1v) is 8.37. The van der Waals surface area contributed by atoms with Gasteiger partial charge in [0.2, 0.25) is 0 Å². The largest absolute Gasteiger partial charge is 0.481 e. The van der Waals surface area contributed by atoms with Crippen LogP contribution in [0.5, 0.6) is 5.75 Å². The molecule has 1 aliphatic heterocycles. The Morgan fingerprint density at radius 1 is 0.952 bits per heavy atom. The Hall–Kier alpha value is -1.55. The Morgan fingerprint density at radius 2 is 1.67 bits per heavy atom. The predicted octanol–water partition coefficient (Wildman–Crippen LogP) is 4.10. The Balaban J connectivity index is 0.000000126. The zero-order chi connectivity index (χ0) is 14.7. The number of fused-ring (bicyclic) bond motifs is 2. The maximum absolute atomic E-state index is 5.30. The number of aromatic nitrogens is 2. The smallest absolute Gasteiger partial charge is 0.138 e. The second-order valence-corrected chi connectivity index (χ2v) is 6.44. The molecular weight excluding hydrogens is 280 g/mol. The number of pyridine rings is 2. The Morgan fingerprint density at radius 3 is 2.52 bits per heavy atom. The molecule has 0 saturated carbocycles. The van der Waals surface area contributed by atoms with Crippen LogP contribution in [0.2, 0.25) is 0 Å². The van der Waals surface area contributed by atoms with E-state index in [-0.39, 0.29) is 0 Å². The zero-order valence-electron chi connectivity index (χ0n) is 12.6. The third kappa shape index (κ3) is 3.56. The van der Waals surface area contributed by atoms with Crippen LogP contribution in [-0.2, 0) is 12.8 Å². The van der Waals surface area contributed by atoms with Gasteiger partial charge in [-0.1, -0.05) is 11.8 Å². The summed E-state index contributed by atoms with van der Waals surface area (Å²) in [4.78, 5) is 9.60. The van der Waals surface area contributed by atoms with E-state index in [1.54, 1.807) is 11.8 Å². The van der Waals surface area contributed by atoms with Gasteiger partial charge in [0.1, 0.15) is 11.7 Å². The molecule has 0 fully saturated rings. The van der Waals surface area contributed by atoms with E-state index in [1.807, 2.05) is 25.4 Å². The molecule has 0 radical (unpaired) electrons. The van der Waals surface area contributed by atoms with Gasteiger partial charge in [0.25, 0.3) is 0 Å². The number of ether oxygens (including phenoxy) is 1. The van der Waals surface area contributed by atoms with Crippen molar-refractivity contribution in [3.8, 4) is 5.75 Å². The lowest BCUT2D eigenvalue weighted by Crippen LogP contribution is -2.03. The molecular formula is C17H20N2OS. The van der Waals surface area contributed by atoms with E-state index in [0.717, 1.165) is 28.0 Å². The van der Waals surface area contributed by atoms with E-state index in [1.165, 1.54) is 36.8 Å². The third-order valence-corrected chi connectivity index (χ3v) is 4.61. The molecule has 21 heavy (non-hydrogen) atoms. The van der Waals surface area contributed by atoms with Gasteiger partial charge in [-0.25, -0.2) is 0 Å². The molecule has 0 saturated heterocycles. The van der Waals surface area contributed by atoms with Gasteiger partial charge in [0.05, 0.1) is 4.90 Å². The lowest BCUT2D eigenvalue weighted by Gasteiger charge is -2.14. The first kappa shape index (κ1) is 14.4. The molecule has 3 heterocycles. The van der Waals surface area contributed by atoms with Gasteiger partial charge in [-0.05, 0) is 56.7 Å². The third-order valence-electron chi connectivity index (χ3n) is 3.76. The van der Waals surface area contributed by atoms with Crippen LogP contribution in [0.15, 0.2) is 29.4 Å². The summed E-state index contributed by atoms with van der Waals surface area (Å²) in [5.74, 6) is 1.72. The van der Waals surface area contributed by atoms with Crippen LogP contribution in [0.25, 0.3) is 0 Å². The maximum Gasteiger partial charge on any atom is 0.138 e. The van der Waals surface area contributed by atoms with Crippen LogP contribution < -0.4 is 4.74 Å². The quantitative estimate of drug-likeness (QED) is 0.733. The monoisotopic (exact) mass is 300 g/mol. The van der Waals surface area contributed by atoms with Crippen LogP contribution in [0.1, 0.15) is 35.4 Å². The van der Waals surface area contributed by atoms with Crippen molar-refractivity contribution in [3.05, 3.63) is 47.0 Å². The molecule has 0 amide bonds. The van der Waals surface area contributed by atoms with E-state index < -0.39 is 0 Å². The first-order chi connectivity index (χ1) is 10.2. The number of hydrogen-bond donors (Lipinski definition) is 0. The zero-order valence-corrected chi connectivity index (χ0v) is 13.4. The van der Waals surface area contributed by atoms with Gasteiger partial charge >= 0.3 is 0 Å². The van der Waals surface area contributed by atoms with Crippen molar-refractivity contribution < 1.29 is 4.74 Å². The molecule has 2 aromatic rings. The molecule has 3 nitrogen and oxygen atoms in total. The van der Waals surface area contributed by atoms with Gasteiger partial charge in [0.15, 0.2) is 0 Å². The molecule has 0 aromatic carbocycles. The SMILES string of the molecule is Cc1cc2c(cn1)CCCC2.Cc1cc2c(cn1)SCO2. The van der Waals surface area contributed by atoms with Crippen LogP contribution in [0, 0.1) is 13.8 Å². The van der Waals surface area contributed by atoms with Crippen LogP contribution in [0.4, 0.5) is 0 Å². The molecule has 4 rings (SSSR count). The first-order valence-electron chi connectivity index (χ1n) is 7.39. The summed E-state index contributed by atoms with van der Waals surface area (Å²) >= 11 is 1.69. The lowest BCUT2D eigenvalue weighted by molar-refractivity contribution is 0.396. The minimum atomic E-state index is 0.737. The van der Waals surface area contributed by atoms with Gasteiger partial charge in [-0.2, -0.15) is 0 Å². The molecule has 0 atom stereocenters. The number of thioether (sulfide) groups is 1. The molecule has 0 unspecified atom stereocenters. The minimum absolute atomic E-state index is 0.737. The summed E-state index contributed by atoms with van der Waals surface area (Å²) < 4.78 is 5.30. The number of hydrogen-bond acceptors (Lipinski definition) is 4. The van der Waals surface area contributed by atoms with Crippen LogP contribution in [0.3, 0.4) is 0 Å². The van der Waals surface area contributed by atoms with Crippen molar-refractivity contribution in [2.75, 3.05) is 5.94 Å². The van der Waals surface area contributed by atoms with Crippen LogP contribution in [-0.4, -0.2) is 15.9 Å². The van der Waals surface area contributed by atoms with Crippen molar-refractivity contribution in [2.45, 2.75) is 44.4 Å². The number of aryl methyl sites for hydroxylation is 4. The normalized spacial score (nSPS) is 15.3. The topological polar surface area (TPSA) is 35.0 Å². The Labute approximate surface area is 130 Å². The highest BCUT2D eigenvalue weighted by molar-refractivity contribution is 7.99. The van der Waals surface area contributed by atoms with Crippen molar-refractivity contribution in [1.82, 2.24) is 9.97 Å². The summed E-state index contributed by atoms with van der Waals surface area (Å²) in [6.07, 6.45) is 9.11. The fourth-order valence-corrected chi connectivity index (χ4v) is 3.33. The van der Waals surface area contributed by atoms with E-state index in [4.69, 9.17) is 4.74 Å². The highest BCUT2D eigenvalue weighted by Crippen LogP contribution is 2.35. The van der Waals surface area contributed by atoms with E-state index in [2.05, 4.69) is 23.0 Å². The summed E-state index contributed by atoms with van der Waals surface area (Å²) in [6, 6.07) is 4.20. The van der Waals surface area contributed by atoms with Crippen molar-refractivity contribution in [2.24, 2.45) is 0 Å². The van der Waals surface area contributed by atoms with Crippen molar-refractivity contribution in [1.29, 1.82) is 0 Å². The highest BCUT2D eigenvalue weighted by atomic mass is 32.2. The summed E-state index contributed by atoms with van der Waals surface area (Å²) in [5.41, 5.74) is 5.18. The average Bonchev–Trinajstić information content (AvgIpc) is 2.95. The molecule has 0 bridgehead atoms. The summed E-state index contributed by atoms with van der Waals surface area (Å²) in [5, 5.41) is 0. The molecule has 2 aliphatic rings. The Bertz CT molecular complexity index is 643.